The van der Waals surface area contributed by atoms with E-state index in [1.54, 1.807) is 11.8 Å². The number of hydrogen-bond acceptors (Lipinski definition) is 3. The second kappa shape index (κ2) is 4.72. The molecule has 1 aliphatic rings. The van der Waals surface area contributed by atoms with Gasteiger partial charge >= 0.3 is 5.97 Å². The smallest absolute Gasteiger partial charge is 0.304 e. The van der Waals surface area contributed by atoms with Crippen molar-refractivity contribution in [1.82, 2.24) is 0 Å². The second-order valence-corrected chi connectivity index (χ2v) is 4.40. The van der Waals surface area contributed by atoms with Crippen molar-refractivity contribution in [3.8, 4) is 0 Å². The molecule has 3 nitrogen and oxygen atoms in total. The van der Waals surface area contributed by atoms with Gasteiger partial charge in [-0.3, -0.25) is 4.79 Å². The summed E-state index contributed by atoms with van der Waals surface area (Å²) in [7, 11) is 0. The standard InChI is InChI=1S/C8H14O3S/c9-6-2-1-3-7(6)12-5-4-8(10)11/h6-7,9H,1-5H2,(H,10,11)/t6-,7-/m1/s1. The lowest BCUT2D eigenvalue weighted by atomic mass is 10.3. The Balaban J connectivity index is 2.10. The third kappa shape index (κ3) is 3.03. The van der Waals surface area contributed by atoms with Crippen molar-refractivity contribution in [3.05, 3.63) is 0 Å². The van der Waals surface area contributed by atoms with Gasteiger partial charge in [-0.25, -0.2) is 0 Å². The number of hydrogen-bond donors (Lipinski definition) is 2. The summed E-state index contributed by atoms with van der Waals surface area (Å²) in [6.45, 7) is 0. The van der Waals surface area contributed by atoms with Gasteiger partial charge in [-0.1, -0.05) is 0 Å². The average molecular weight is 190 g/mol. The Morgan fingerprint density at radius 3 is 2.75 bits per heavy atom. The van der Waals surface area contributed by atoms with Crippen LogP contribution in [0.5, 0.6) is 0 Å². The first kappa shape index (κ1) is 9.86. The van der Waals surface area contributed by atoms with Crippen LogP contribution in [0.15, 0.2) is 0 Å². The van der Waals surface area contributed by atoms with Gasteiger partial charge in [0.1, 0.15) is 0 Å². The molecule has 0 heterocycles. The molecule has 0 aromatic heterocycles. The molecule has 12 heavy (non-hydrogen) atoms. The maximum atomic E-state index is 10.2. The summed E-state index contributed by atoms with van der Waals surface area (Å²) in [6, 6.07) is 0. The summed E-state index contributed by atoms with van der Waals surface area (Å²) in [5, 5.41) is 18.0. The molecule has 1 fully saturated rings. The van der Waals surface area contributed by atoms with Crippen molar-refractivity contribution < 1.29 is 15.0 Å². The van der Waals surface area contributed by atoms with Crippen molar-refractivity contribution in [3.63, 3.8) is 0 Å². The first-order valence-electron chi connectivity index (χ1n) is 4.21. The number of aliphatic hydroxyl groups is 1. The molecule has 0 unspecified atom stereocenters. The van der Waals surface area contributed by atoms with E-state index in [0.29, 0.717) is 5.75 Å². The highest BCUT2D eigenvalue weighted by molar-refractivity contribution is 7.99. The predicted octanol–water partition coefficient (Wildman–Crippen LogP) is 1.11. The molecular weight excluding hydrogens is 176 g/mol. The Kier molecular flexibility index (Phi) is 3.88. The zero-order chi connectivity index (χ0) is 8.97. The average Bonchev–Trinajstić information content (AvgIpc) is 2.36. The Bertz CT molecular complexity index is 160. The van der Waals surface area contributed by atoms with E-state index in [1.807, 2.05) is 0 Å². The summed E-state index contributed by atoms with van der Waals surface area (Å²) < 4.78 is 0. The van der Waals surface area contributed by atoms with Gasteiger partial charge in [-0.15, -0.1) is 0 Å². The maximum Gasteiger partial charge on any atom is 0.304 e. The normalized spacial score (nSPS) is 29.1. The molecule has 2 N–H and O–H groups in total. The van der Waals surface area contributed by atoms with E-state index in [1.165, 1.54) is 0 Å². The fourth-order valence-electron chi connectivity index (χ4n) is 1.40. The number of carboxylic acid groups (broad SMARTS) is 1. The number of aliphatic carboxylic acids is 1. The van der Waals surface area contributed by atoms with Gasteiger partial charge in [-0.2, -0.15) is 11.8 Å². The molecule has 0 amide bonds. The van der Waals surface area contributed by atoms with Crippen molar-refractivity contribution in [2.24, 2.45) is 0 Å². The summed E-state index contributed by atoms with van der Waals surface area (Å²) >= 11 is 1.59. The summed E-state index contributed by atoms with van der Waals surface area (Å²) in [5.41, 5.74) is 0. The number of aliphatic hydroxyl groups excluding tert-OH is 1. The molecular formula is C8H14O3S. The third-order valence-corrected chi connectivity index (χ3v) is 3.48. The lowest BCUT2D eigenvalue weighted by Gasteiger charge is -2.12. The van der Waals surface area contributed by atoms with Crippen molar-refractivity contribution >= 4 is 17.7 Å². The molecule has 0 radical (unpaired) electrons. The molecule has 1 rings (SSSR count). The predicted molar refractivity (Wildman–Crippen MR) is 48.4 cm³/mol. The lowest BCUT2D eigenvalue weighted by Crippen LogP contribution is -2.16. The van der Waals surface area contributed by atoms with E-state index >= 15 is 0 Å². The van der Waals surface area contributed by atoms with Crippen LogP contribution in [-0.2, 0) is 4.79 Å². The van der Waals surface area contributed by atoms with Crippen LogP contribution in [0.4, 0.5) is 0 Å². The first-order chi connectivity index (χ1) is 5.70. The Morgan fingerprint density at radius 1 is 1.50 bits per heavy atom. The molecule has 70 valence electrons. The zero-order valence-electron chi connectivity index (χ0n) is 6.90. The second-order valence-electron chi connectivity index (χ2n) is 3.05. The molecule has 0 aromatic rings. The topological polar surface area (TPSA) is 57.5 Å². The fourth-order valence-corrected chi connectivity index (χ4v) is 2.69. The Labute approximate surface area is 76.2 Å². The van der Waals surface area contributed by atoms with Crippen molar-refractivity contribution in [2.45, 2.75) is 37.0 Å². The van der Waals surface area contributed by atoms with E-state index < -0.39 is 5.97 Å². The van der Waals surface area contributed by atoms with Gasteiger partial charge < -0.3 is 10.2 Å². The fraction of sp³-hybridized carbons (Fsp3) is 0.875. The highest BCUT2D eigenvalue weighted by Crippen LogP contribution is 2.30. The van der Waals surface area contributed by atoms with E-state index in [4.69, 9.17) is 5.11 Å². The summed E-state index contributed by atoms with van der Waals surface area (Å²) in [5.74, 6) is -0.133. The van der Waals surface area contributed by atoms with E-state index in [0.717, 1.165) is 19.3 Å². The van der Waals surface area contributed by atoms with Gasteiger partial charge in [0.25, 0.3) is 0 Å². The Morgan fingerprint density at radius 2 is 2.25 bits per heavy atom. The highest BCUT2D eigenvalue weighted by Gasteiger charge is 2.25. The largest absolute Gasteiger partial charge is 0.481 e. The van der Waals surface area contributed by atoms with Crippen LogP contribution in [0.25, 0.3) is 0 Å². The SMILES string of the molecule is O=C(O)CCS[C@@H]1CCC[C@H]1O. The number of thioether (sulfide) groups is 1. The van der Waals surface area contributed by atoms with Crippen molar-refractivity contribution in [2.75, 3.05) is 5.75 Å². The van der Waals surface area contributed by atoms with Crippen LogP contribution >= 0.6 is 11.8 Å². The molecule has 0 spiro atoms. The number of rotatable bonds is 4. The van der Waals surface area contributed by atoms with Crippen LogP contribution in [0, 0.1) is 0 Å². The molecule has 0 saturated heterocycles. The lowest BCUT2D eigenvalue weighted by molar-refractivity contribution is -0.136. The zero-order valence-corrected chi connectivity index (χ0v) is 7.72. The third-order valence-electron chi connectivity index (χ3n) is 2.07. The Hall–Kier alpha value is -0.220. The number of carbonyl (C=O) groups is 1. The minimum Gasteiger partial charge on any atom is -0.481 e. The van der Waals surface area contributed by atoms with Gasteiger partial charge in [0.05, 0.1) is 12.5 Å². The first-order valence-corrected chi connectivity index (χ1v) is 5.26. The van der Waals surface area contributed by atoms with Gasteiger partial charge in [0.15, 0.2) is 0 Å². The maximum absolute atomic E-state index is 10.2. The van der Waals surface area contributed by atoms with E-state index in [2.05, 4.69) is 0 Å². The molecule has 1 saturated carbocycles. The minimum atomic E-state index is -0.755. The van der Waals surface area contributed by atoms with Crippen molar-refractivity contribution in [1.29, 1.82) is 0 Å². The molecule has 0 aliphatic heterocycles. The van der Waals surface area contributed by atoms with Crippen LogP contribution in [0.3, 0.4) is 0 Å². The van der Waals surface area contributed by atoms with E-state index in [9.17, 15) is 9.90 Å². The highest BCUT2D eigenvalue weighted by atomic mass is 32.2. The van der Waals surface area contributed by atoms with Gasteiger partial charge in [0.2, 0.25) is 0 Å². The molecule has 4 heteroatoms. The van der Waals surface area contributed by atoms with Crippen LogP contribution in [0.1, 0.15) is 25.7 Å². The van der Waals surface area contributed by atoms with Crippen LogP contribution in [0.2, 0.25) is 0 Å². The summed E-state index contributed by atoms with van der Waals surface area (Å²) in [4.78, 5) is 10.2. The van der Waals surface area contributed by atoms with Crippen LogP contribution < -0.4 is 0 Å². The van der Waals surface area contributed by atoms with E-state index in [-0.39, 0.29) is 17.8 Å². The molecule has 0 aromatic carbocycles. The monoisotopic (exact) mass is 190 g/mol. The quantitative estimate of drug-likeness (QED) is 0.697. The molecule has 1 aliphatic carbocycles. The van der Waals surface area contributed by atoms with Gasteiger partial charge in [-0.05, 0) is 19.3 Å². The summed E-state index contributed by atoms with van der Waals surface area (Å²) in [6.07, 6.45) is 2.99. The minimum absolute atomic E-state index is 0.202. The molecule has 2 atom stereocenters. The van der Waals surface area contributed by atoms with Gasteiger partial charge in [0, 0.05) is 11.0 Å². The number of carboxylic acids is 1. The van der Waals surface area contributed by atoms with Crippen LogP contribution in [-0.4, -0.2) is 33.3 Å². The molecule has 0 bridgehead atoms.